The van der Waals surface area contributed by atoms with Crippen LogP contribution in [0.15, 0.2) is 27.2 Å². The number of halogens is 4. The van der Waals surface area contributed by atoms with E-state index in [4.69, 9.17) is 10.3 Å². The average Bonchev–Trinajstić information content (AvgIpc) is 2.94. The van der Waals surface area contributed by atoms with Crippen molar-refractivity contribution in [2.45, 2.75) is 31.4 Å². The Morgan fingerprint density at radius 3 is 2.71 bits per heavy atom. The number of nitrogens with two attached hydrogens (primary N) is 1. The fourth-order valence-electron chi connectivity index (χ4n) is 2.30. The molecule has 130 valence electrons. The molecule has 3 rings (SSSR count). The quantitative estimate of drug-likeness (QED) is 0.775. The van der Waals surface area contributed by atoms with E-state index < -0.39 is 12.2 Å². The molecule has 1 aliphatic carbocycles. The number of alkyl halides is 2. The lowest BCUT2D eigenvalue weighted by Crippen LogP contribution is -2.44. The van der Waals surface area contributed by atoms with Gasteiger partial charge < -0.3 is 15.0 Å². The van der Waals surface area contributed by atoms with Crippen LogP contribution < -0.4 is 10.5 Å². The molecule has 1 aromatic heterocycles. The number of hydrogen-bond donors (Lipinski definition) is 1. The van der Waals surface area contributed by atoms with Crippen molar-refractivity contribution in [3.05, 3.63) is 40.0 Å². The van der Waals surface area contributed by atoms with Crippen molar-refractivity contribution in [3.63, 3.8) is 0 Å². The van der Waals surface area contributed by atoms with Gasteiger partial charge in [0.05, 0.1) is 5.54 Å². The van der Waals surface area contributed by atoms with Crippen LogP contribution in [0.4, 0.5) is 8.78 Å². The summed E-state index contributed by atoms with van der Waals surface area (Å²) in [5, 5.41) is 3.89. The summed E-state index contributed by atoms with van der Waals surface area (Å²) < 4.78 is 35.2. The summed E-state index contributed by atoms with van der Waals surface area (Å²) in [7, 11) is 0. The molecule has 0 amide bonds. The molecule has 1 saturated carbocycles. The summed E-state index contributed by atoms with van der Waals surface area (Å²) in [5.74, 6) is 0.801. The number of ether oxygens (including phenoxy) is 1. The maximum absolute atomic E-state index is 12.4. The van der Waals surface area contributed by atoms with E-state index in [1.165, 1.54) is 6.07 Å². The third kappa shape index (κ3) is 4.12. The van der Waals surface area contributed by atoms with Crippen molar-refractivity contribution in [3.8, 4) is 5.75 Å². The highest BCUT2D eigenvalue weighted by Gasteiger charge is 2.38. The van der Waals surface area contributed by atoms with Gasteiger partial charge in [0, 0.05) is 16.1 Å². The largest absolute Gasteiger partial charge is 0.434 e. The molecule has 9 heteroatoms. The van der Waals surface area contributed by atoms with E-state index in [0.717, 1.165) is 23.7 Å². The lowest BCUT2D eigenvalue weighted by atomic mass is 9.77. The smallest absolute Gasteiger partial charge is 0.387 e. The maximum atomic E-state index is 12.4. The molecule has 0 aliphatic heterocycles. The molecule has 2 N–H and O–H groups in total. The van der Waals surface area contributed by atoms with Crippen LogP contribution in [0.3, 0.4) is 0 Å². The van der Waals surface area contributed by atoms with Gasteiger partial charge in [0.25, 0.3) is 5.89 Å². The Bertz CT molecular complexity index is 735. The van der Waals surface area contributed by atoms with Gasteiger partial charge in [-0.1, -0.05) is 21.1 Å². The second-order valence-electron chi connectivity index (χ2n) is 5.36. The van der Waals surface area contributed by atoms with Crippen LogP contribution in [0.5, 0.6) is 5.75 Å². The summed E-state index contributed by atoms with van der Waals surface area (Å²) in [6, 6.07) is 4.73. The Morgan fingerprint density at radius 1 is 1.33 bits per heavy atom. The highest BCUT2D eigenvalue weighted by Crippen LogP contribution is 2.37. The highest BCUT2D eigenvalue weighted by atomic mass is 79.9. The molecule has 2 aromatic rings. The second-order valence-corrected chi connectivity index (χ2v) is 6.28. The van der Waals surface area contributed by atoms with Gasteiger partial charge in [-0.25, -0.2) is 0 Å². The average molecular weight is 423 g/mol. The molecule has 0 atom stereocenters. The first kappa shape index (κ1) is 18.8. The molecule has 24 heavy (non-hydrogen) atoms. The van der Waals surface area contributed by atoms with E-state index in [0.29, 0.717) is 11.4 Å². The maximum Gasteiger partial charge on any atom is 0.387 e. The van der Waals surface area contributed by atoms with E-state index in [9.17, 15) is 8.78 Å². The van der Waals surface area contributed by atoms with Gasteiger partial charge in [0.2, 0.25) is 0 Å². The first-order valence-corrected chi connectivity index (χ1v) is 7.81. The van der Waals surface area contributed by atoms with E-state index in [-0.39, 0.29) is 24.0 Å². The molecule has 0 saturated heterocycles. The third-order valence-corrected chi connectivity index (χ3v) is 4.22. The molecule has 1 aliphatic rings. The zero-order valence-electron chi connectivity index (χ0n) is 12.4. The molecular formula is C15H15BrClF2N3O2. The molecule has 0 radical (unpaired) electrons. The van der Waals surface area contributed by atoms with Crippen LogP contribution in [-0.4, -0.2) is 16.8 Å². The zero-order valence-corrected chi connectivity index (χ0v) is 14.8. The van der Waals surface area contributed by atoms with Gasteiger partial charge in [0.1, 0.15) is 5.75 Å². The van der Waals surface area contributed by atoms with Gasteiger partial charge in [-0.15, -0.1) is 12.4 Å². The lowest BCUT2D eigenvalue weighted by molar-refractivity contribution is -0.0499. The van der Waals surface area contributed by atoms with E-state index >= 15 is 0 Å². The van der Waals surface area contributed by atoms with Crippen LogP contribution in [0.2, 0.25) is 0 Å². The molecule has 5 nitrogen and oxygen atoms in total. The number of aromatic nitrogens is 2. The van der Waals surface area contributed by atoms with Crippen molar-refractivity contribution in [1.29, 1.82) is 0 Å². The van der Waals surface area contributed by atoms with Gasteiger partial charge in [-0.2, -0.15) is 13.8 Å². The van der Waals surface area contributed by atoms with Crippen molar-refractivity contribution < 1.29 is 18.0 Å². The Hall–Kier alpha value is -1.51. The van der Waals surface area contributed by atoms with Crippen LogP contribution in [0, 0.1) is 0 Å². The number of benzene rings is 1. The summed E-state index contributed by atoms with van der Waals surface area (Å²) in [6.07, 6.45) is 5.81. The minimum absolute atomic E-state index is 0. The van der Waals surface area contributed by atoms with E-state index in [1.807, 2.05) is 0 Å². The Morgan fingerprint density at radius 2 is 2.08 bits per heavy atom. The Labute approximate surface area is 151 Å². The van der Waals surface area contributed by atoms with Crippen molar-refractivity contribution in [2.75, 3.05) is 0 Å². The fraction of sp³-hybridized carbons (Fsp3) is 0.333. The van der Waals surface area contributed by atoms with E-state index in [1.54, 1.807) is 24.3 Å². The first-order valence-electron chi connectivity index (χ1n) is 7.02. The standard InChI is InChI=1S/C15H14BrF2N3O2.ClH/c16-10-3-4-11(22-14(17)18)9(8-10)2-5-12-20-13(21-23-12)15(19)6-1-7-15;/h2-5,8,14H,1,6-7,19H2;1H/b5-2+;. The number of nitrogens with zero attached hydrogens (tertiary/aromatic N) is 2. The molecule has 1 heterocycles. The predicted molar refractivity (Wildman–Crippen MR) is 91.0 cm³/mol. The van der Waals surface area contributed by atoms with Crippen LogP contribution >= 0.6 is 28.3 Å². The van der Waals surface area contributed by atoms with Crippen molar-refractivity contribution in [1.82, 2.24) is 10.1 Å². The molecule has 1 aromatic carbocycles. The first-order chi connectivity index (χ1) is 11.0. The Kier molecular flexibility index (Phi) is 5.95. The summed E-state index contributed by atoms with van der Waals surface area (Å²) in [6.45, 7) is -2.89. The molecule has 0 unspecified atom stereocenters. The van der Waals surface area contributed by atoms with Gasteiger partial charge in [-0.3, -0.25) is 0 Å². The number of rotatable bonds is 5. The minimum atomic E-state index is -2.89. The number of hydrogen-bond acceptors (Lipinski definition) is 5. The highest BCUT2D eigenvalue weighted by molar-refractivity contribution is 9.10. The van der Waals surface area contributed by atoms with Crippen molar-refractivity contribution in [2.24, 2.45) is 5.73 Å². The van der Waals surface area contributed by atoms with Gasteiger partial charge >= 0.3 is 6.61 Å². The zero-order chi connectivity index (χ0) is 16.4. The summed E-state index contributed by atoms with van der Waals surface area (Å²) >= 11 is 3.29. The molecular weight excluding hydrogens is 408 g/mol. The summed E-state index contributed by atoms with van der Waals surface area (Å²) in [4.78, 5) is 4.24. The summed E-state index contributed by atoms with van der Waals surface area (Å²) in [5.41, 5.74) is 6.08. The fourth-order valence-corrected chi connectivity index (χ4v) is 2.68. The van der Waals surface area contributed by atoms with Crippen LogP contribution in [0.25, 0.3) is 12.2 Å². The molecule has 0 bridgehead atoms. The van der Waals surface area contributed by atoms with Crippen molar-refractivity contribution >= 4 is 40.5 Å². The van der Waals surface area contributed by atoms with Gasteiger partial charge in [0.15, 0.2) is 5.82 Å². The van der Waals surface area contributed by atoms with Crippen LogP contribution in [-0.2, 0) is 5.54 Å². The SMILES string of the molecule is Cl.NC1(c2noc(/C=C/c3cc(Br)ccc3OC(F)F)n2)CCC1. The third-order valence-electron chi connectivity index (χ3n) is 3.73. The molecule has 1 fully saturated rings. The molecule has 0 spiro atoms. The van der Waals surface area contributed by atoms with Gasteiger partial charge in [-0.05, 0) is 43.5 Å². The predicted octanol–water partition coefficient (Wildman–Crippen LogP) is 4.36. The second kappa shape index (κ2) is 7.58. The van der Waals surface area contributed by atoms with Crippen LogP contribution in [0.1, 0.15) is 36.5 Å². The Balaban J connectivity index is 0.00000208. The lowest BCUT2D eigenvalue weighted by Gasteiger charge is -2.34. The topological polar surface area (TPSA) is 74.2 Å². The van der Waals surface area contributed by atoms with E-state index in [2.05, 4.69) is 30.8 Å². The minimum Gasteiger partial charge on any atom is -0.434 e. The normalized spacial score (nSPS) is 16.0. The monoisotopic (exact) mass is 421 g/mol.